The Morgan fingerprint density at radius 1 is 1.38 bits per heavy atom. The molecule has 0 aromatic heterocycles. The van der Waals surface area contributed by atoms with Crippen molar-refractivity contribution in [2.75, 3.05) is 13.1 Å². The predicted molar refractivity (Wildman–Crippen MR) is 71.4 cm³/mol. The summed E-state index contributed by atoms with van der Waals surface area (Å²) in [6.07, 6.45) is 0.738. The van der Waals surface area contributed by atoms with Gasteiger partial charge in [-0.1, -0.05) is 48.3 Å². The van der Waals surface area contributed by atoms with Gasteiger partial charge in [0.25, 0.3) is 0 Å². The van der Waals surface area contributed by atoms with Crippen LogP contribution in [0.4, 0.5) is 0 Å². The molecule has 0 amide bonds. The first-order chi connectivity index (χ1) is 7.63. The van der Waals surface area contributed by atoms with Gasteiger partial charge in [0.2, 0.25) is 0 Å². The fraction of sp³-hybridized carbons (Fsp3) is 0.538. The fourth-order valence-electron chi connectivity index (χ4n) is 1.44. The first-order valence-corrected chi connectivity index (χ1v) is 6.57. The first kappa shape index (κ1) is 13.7. The largest absolute Gasteiger partial charge is 0.387 e. The van der Waals surface area contributed by atoms with Crippen LogP contribution in [-0.4, -0.2) is 18.2 Å². The van der Waals surface area contributed by atoms with Crippen LogP contribution in [0.5, 0.6) is 0 Å². The third kappa shape index (κ3) is 4.64. The number of hydrogen-bond donors (Lipinski definition) is 2. The second-order valence-corrected chi connectivity index (χ2v) is 5.16. The molecule has 2 unspecified atom stereocenters. The maximum atomic E-state index is 9.95. The van der Waals surface area contributed by atoms with Crippen LogP contribution in [0.3, 0.4) is 0 Å². The van der Waals surface area contributed by atoms with Crippen molar-refractivity contribution >= 4 is 15.9 Å². The lowest BCUT2D eigenvalue weighted by Gasteiger charge is -2.14. The van der Waals surface area contributed by atoms with Crippen LogP contribution < -0.4 is 5.32 Å². The molecule has 0 fully saturated rings. The monoisotopic (exact) mass is 285 g/mol. The zero-order valence-corrected chi connectivity index (χ0v) is 11.5. The summed E-state index contributed by atoms with van der Waals surface area (Å²) in [5.41, 5.74) is 0.950. The zero-order valence-electron chi connectivity index (χ0n) is 9.91. The third-order valence-corrected chi connectivity index (χ3v) is 3.25. The van der Waals surface area contributed by atoms with Crippen LogP contribution in [0.25, 0.3) is 0 Å². The Kier molecular flexibility index (Phi) is 6.03. The van der Waals surface area contributed by atoms with Gasteiger partial charge in [-0.25, -0.2) is 0 Å². The van der Waals surface area contributed by atoms with E-state index in [0.29, 0.717) is 12.5 Å². The van der Waals surface area contributed by atoms with Gasteiger partial charge in [0.05, 0.1) is 6.10 Å². The molecule has 0 aliphatic rings. The van der Waals surface area contributed by atoms with Gasteiger partial charge in [-0.05, 0) is 30.2 Å². The highest BCUT2D eigenvalue weighted by atomic mass is 79.9. The Labute approximate surface area is 106 Å². The number of hydrogen-bond acceptors (Lipinski definition) is 2. The van der Waals surface area contributed by atoms with E-state index in [1.54, 1.807) is 0 Å². The average Bonchev–Trinajstić information content (AvgIpc) is 2.28. The lowest BCUT2D eigenvalue weighted by Crippen LogP contribution is -2.26. The summed E-state index contributed by atoms with van der Waals surface area (Å²) >= 11 is 3.40. The number of aliphatic hydroxyl groups is 1. The van der Waals surface area contributed by atoms with E-state index in [9.17, 15) is 5.11 Å². The summed E-state index contributed by atoms with van der Waals surface area (Å²) in [5.74, 6) is 0.662. The van der Waals surface area contributed by atoms with Gasteiger partial charge in [-0.3, -0.25) is 0 Å². The van der Waals surface area contributed by atoms with Gasteiger partial charge in [0, 0.05) is 11.0 Å². The van der Waals surface area contributed by atoms with Gasteiger partial charge in [-0.2, -0.15) is 0 Å². The van der Waals surface area contributed by atoms with Crippen molar-refractivity contribution in [3.05, 3.63) is 34.3 Å². The molecule has 2 N–H and O–H groups in total. The Hall–Kier alpha value is -0.380. The van der Waals surface area contributed by atoms with Crippen LogP contribution in [-0.2, 0) is 0 Å². The summed E-state index contributed by atoms with van der Waals surface area (Å²) < 4.78 is 1.01. The molecule has 1 aromatic rings. The molecule has 3 heteroatoms. The van der Waals surface area contributed by atoms with Crippen LogP contribution in [0, 0.1) is 5.92 Å². The van der Waals surface area contributed by atoms with Gasteiger partial charge in [-0.15, -0.1) is 0 Å². The number of aliphatic hydroxyl groups excluding tert-OH is 1. The molecule has 0 saturated carbocycles. The third-order valence-electron chi connectivity index (χ3n) is 2.76. The summed E-state index contributed by atoms with van der Waals surface area (Å²) in [6, 6.07) is 7.80. The van der Waals surface area contributed by atoms with E-state index in [1.807, 2.05) is 24.3 Å². The highest BCUT2D eigenvalue weighted by Gasteiger charge is 2.07. The van der Waals surface area contributed by atoms with Crippen LogP contribution >= 0.6 is 15.9 Å². The molecule has 16 heavy (non-hydrogen) atoms. The quantitative estimate of drug-likeness (QED) is 0.842. The molecular formula is C13H20BrNO. The molecule has 1 aromatic carbocycles. The SMILES string of the molecule is CCC(C)CNCC(O)c1cccc(Br)c1. The van der Waals surface area contributed by atoms with Crippen molar-refractivity contribution in [3.63, 3.8) is 0 Å². The summed E-state index contributed by atoms with van der Waals surface area (Å²) in [4.78, 5) is 0. The van der Waals surface area contributed by atoms with Crippen molar-refractivity contribution < 1.29 is 5.11 Å². The van der Waals surface area contributed by atoms with Gasteiger partial charge >= 0.3 is 0 Å². The molecule has 0 saturated heterocycles. The minimum Gasteiger partial charge on any atom is -0.387 e. The molecule has 0 heterocycles. The summed E-state index contributed by atoms with van der Waals surface area (Å²) in [7, 11) is 0. The van der Waals surface area contributed by atoms with E-state index < -0.39 is 6.10 Å². The lowest BCUT2D eigenvalue weighted by atomic mass is 10.1. The molecule has 2 atom stereocenters. The van der Waals surface area contributed by atoms with Crippen molar-refractivity contribution in [2.45, 2.75) is 26.4 Å². The number of benzene rings is 1. The van der Waals surface area contributed by atoms with Crippen LogP contribution in [0.2, 0.25) is 0 Å². The molecule has 2 nitrogen and oxygen atoms in total. The first-order valence-electron chi connectivity index (χ1n) is 5.77. The topological polar surface area (TPSA) is 32.3 Å². The van der Waals surface area contributed by atoms with Gasteiger partial charge in [0.15, 0.2) is 0 Å². The number of nitrogens with one attached hydrogen (secondary N) is 1. The maximum absolute atomic E-state index is 9.95. The second-order valence-electron chi connectivity index (χ2n) is 4.24. The van der Waals surface area contributed by atoms with Crippen molar-refractivity contribution in [1.82, 2.24) is 5.32 Å². The Morgan fingerprint density at radius 2 is 2.12 bits per heavy atom. The molecular weight excluding hydrogens is 266 g/mol. The fourth-order valence-corrected chi connectivity index (χ4v) is 1.86. The standard InChI is InChI=1S/C13H20BrNO/c1-3-10(2)8-15-9-13(16)11-5-4-6-12(14)7-11/h4-7,10,13,15-16H,3,8-9H2,1-2H3. The number of halogens is 1. The molecule has 0 radical (unpaired) electrons. The highest BCUT2D eigenvalue weighted by Crippen LogP contribution is 2.17. The van der Waals surface area contributed by atoms with Crippen LogP contribution in [0.15, 0.2) is 28.7 Å². The minimum absolute atomic E-state index is 0.429. The summed E-state index contributed by atoms with van der Waals surface area (Å²) in [6.45, 7) is 5.96. The van der Waals surface area contributed by atoms with E-state index in [1.165, 1.54) is 6.42 Å². The highest BCUT2D eigenvalue weighted by molar-refractivity contribution is 9.10. The smallest absolute Gasteiger partial charge is 0.0914 e. The molecule has 0 aliphatic heterocycles. The van der Waals surface area contributed by atoms with Gasteiger partial charge in [0.1, 0.15) is 0 Å². The molecule has 1 rings (SSSR count). The molecule has 90 valence electrons. The van der Waals surface area contributed by atoms with Crippen molar-refractivity contribution in [2.24, 2.45) is 5.92 Å². The van der Waals surface area contributed by atoms with Crippen molar-refractivity contribution in [3.8, 4) is 0 Å². The Balaban J connectivity index is 2.38. The van der Waals surface area contributed by atoms with E-state index >= 15 is 0 Å². The molecule has 0 spiro atoms. The van der Waals surface area contributed by atoms with E-state index in [0.717, 1.165) is 16.6 Å². The second kappa shape index (κ2) is 7.05. The maximum Gasteiger partial charge on any atom is 0.0914 e. The molecule has 0 bridgehead atoms. The Morgan fingerprint density at radius 3 is 2.75 bits per heavy atom. The molecule has 0 aliphatic carbocycles. The van der Waals surface area contributed by atoms with Crippen LogP contribution in [0.1, 0.15) is 31.9 Å². The van der Waals surface area contributed by atoms with E-state index in [-0.39, 0.29) is 0 Å². The average molecular weight is 286 g/mol. The summed E-state index contributed by atoms with van der Waals surface area (Å²) in [5, 5.41) is 13.2. The van der Waals surface area contributed by atoms with Gasteiger partial charge < -0.3 is 10.4 Å². The Bertz CT molecular complexity index is 317. The zero-order chi connectivity index (χ0) is 12.0. The minimum atomic E-state index is -0.429. The normalized spacial score (nSPS) is 14.8. The number of rotatable bonds is 6. The van der Waals surface area contributed by atoms with E-state index in [2.05, 4.69) is 35.1 Å². The van der Waals surface area contributed by atoms with E-state index in [4.69, 9.17) is 0 Å². The van der Waals surface area contributed by atoms with Crippen molar-refractivity contribution in [1.29, 1.82) is 0 Å². The lowest BCUT2D eigenvalue weighted by molar-refractivity contribution is 0.173. The predicted octanol–water partition coefficient (Wildman–Crippen LogP) is 3.12.